The van der Waals surface area contributed by atoms with Crippen molar-refractivity contribution in [2.24, 2.45) is 0 Å². The predicted molar refractivity (Wildman–Crippen MR) is 70.2 cm³/mol. The highest BCUT2D eigenvalue weighted by Gasteiger charge is 2.12. The predicted octanol–water partition coefficient (Wildman–Crippen LogP) is 2.03. The number of aliphatic hydroxyl groups is 1. The van der Waals surface area contributed by atoms with E-state index in [1.807, 2.05) is 0 Å². The second kappa shape index (κ2) is 7.22. The molecule has 0 aliphatic carbocycles. The van der Waals surface area contributed by atoms with E-state index >= 15 is 0 Å². The number of aliphatic hydroxyl groups excluding tert-OH is 1. The van der Waals surface area contributed by atoms with Crippen LogP contribution in [0.3, 0.4) is 0 Å². The summed E-state index contributed by atoms with van der Waals surface area (Å²) in [7, 11) is 0. The fourth-order valence-electron chi connectivity index (χ4n) is 1.81. The fourth-order valence-corrected chi connectivity index (χ4v) is 1.81. The van der Waals surface area contributed by atoms with Gasteiger partial charge in [-0.15, -0.1) is 0 Å². The van der Waals surface area contributed by atoms with Gasteiger partial charge in [-0.3, -0.25) is 0 Å². The minimum Gasteiger partial charge on any atom is -0.396 e. The molecule has 0 amide bonds. The Labute approximate surface area is 104 Å². The molecule has 0 aromatic carbocycles. The minimum absolute atomic E-state index is 0.218. The first-order chi connectivity index (χ1) is 8.19. The van der Waals surface area contributed by atoms with E-state index in [-0.39, 0.29) is 6.61 Å². The average molecular weight is 237 g/mol. The molecule has 0 aliphatic heterocycles. The normalized spacial score (nSPS) is 10.9. The van der Waals surface area contributed by atoms with Crippen molar-refractivity contribution in [2.45, 2.75) is 46.1 Å². The Bertz CT molecular complexity index is 328. The van der Waals surface area contributed by atoms with Gasteiger partial charge in [-0.2, -0.15) is 0 Å². The number of nitrogens with zero attached hydrogens (tertiary/aromatic N) is 3. The van der Waals surface area contributed by atoms with Gasteiger partial charge in [0.25, 0.3) is 0 Å². The van der Waals surface area contributed by atoms with Crippen LogP contribution in [0.1, 0.15) is 39.3 Å². The Morgan fingerprint density at radius 2 is 2.12 bits per heavy atom. The molecule has 1 aromatic heterocycles. The molecule has 4 heteroatoms. The molecule has 17 heavy (non-hydrogen) atoms. The largest absolute Gasteiger partial charge is 0.396 e. The molecule has 0 radical (unpaired) electrons. The van der Waals surface area contributed by atoms with Gasteiger partial charge in [0.2, 0.25) is 0 Å². The number of aromatic nitrogens is 2. The number of hydrogen-bond donors (Lipinski definition) is 1. The smallest absolute Gasteiger partial charge is 0.132 e. The maximum atomic E-state index is 8.92. The van der Waals surface area contributed by atoms with E-state index in [4.69, 9.17) is 5.11 Å². The van der Waals surface area contributed by atoms with E-state index in [0.717, 1.165) is 37.3 Å². The molecule has 1 N–H and O–H groups in total. The second-order valence-electron chi connectivity index (χ2n) is 4.48. The van der Waals surface area contributed by atoms with Crippen molar-refractivity contribution >= 4 is 5.82 Å². The molecule has 96 valence electrons. The zero-order valence-corrected chi connectivity index (χ0v) is 11.1. The highest BCUT2D eigenvalue weighted by Crippen LogP contribution is 2.15. The first-order valence-electron chi connectivity index (χ1n) is 6.37. The van der Waals surface area contributed by atoms with Crippen LogP contribution in [0.15, 0.2) is 12.4 Å². The van der Waals surface area contributed by atoms with Gasteiger partial charge in [0.1, 0.15) is 12.1 Å². The van der Waals surface area contributed by atoms with E-state index in [1.54, 1.807) is 6.33 Å². The highest BCUT2D eigenvalue weighted by atomic mass is 16.3. The molecule has 0 bridgehead atoms. The van der Waals surface area contributed by atoms with Crippen LogP contribution in [0.5, 0.6) is 0 Å². The van der Waals surface area contributed by atoms with Crippen molar-refractivity contribution in [3.63, 3.8) is 0 Å². The van der Waals surface area contributed by atoms with E-state index in [2.05, 4.69) is 41.7 Å². The highest BCUT2D eigenvalue weighted by molar-refractivity contribution is 5.39. The Kier molecular flexibility index (Phi) is 5.91. The summed E-state index contributed by atoms with van der Waals surface area (Å²) >= 11 is 0. The lowest BCUT2D eigenvalue weighted by Crippen LogP contribution is -2.33. The lowest BCUT2D eigenvalue weighted by Gasteiger charge is -2.27. The monoisotopic (exact) mass is 237 g/mol. The third-order valence-corrected chi connectivity index (χ3v) is 2.69. The van der Waals surface area contributed by atoms with Gasteiger partial charge in [0, 0.05) is 31.0 Å². The third-order valence-electron chi connectivity index (χ3n) is 2.69. The van der Waals surface area contributed by atoms with Gasteiger partial charge in [0.05, 0.1) is 0 Å². The van der Waals surface area contributed by atoms with Gasteiger partial charge in [0.15, 0.2) is 0 Å². The van der Waals surface area contributed by atoms with E-state index in [9.17, 15) is 0 Å². The SMILES string of the molecule is CCCc1cc(N(CCCO)C(C)C)ncn1. The first kappa shape index (κ1) is 13.9. The van der Waals surface area contributed by atoms with Crippen LogP contribution in [0.2, 0.25) is 0 Å². The maximum Gasteiger partial charge on any atom is 0.132 e. The van der Waals surface area contributed by atoms with Crippen LogP contribution in [-0.2, 0) is 6.42 Å². The molecular weight excluding hydrogens is 214 g/mol. The zero-order chi connectivity index (χ0) is 12.7. The first-order valence-corrected chi connectivity index (χ1v) is 6.37. The lowest BCUT2D eigenvalue weighted by molar-refractivity contribution is 0.288. The van der Waals surface area contributed by atoms with E-state index in [0.29, 0.717) is 6.04 Å². The second-order valence-corrected chi connectivity index (χ2v) is 4.48. The molecule has 0 unspecified atom stereocenters. The molecule has 1 heterocycles. The number of anilines is 1. The van der Waals surface area contributed by atoms with Gasteiger partial charge in [-0.05, 0) is 26.7 Å². The Morgan fingerprint density at radius 3 is 2.71 bits per heavy atom. The Hall–Kier alpha value is -1.16. The fraction of sp³-hybridized carbons (Fsp3) is 0.692. The summed E-state index contributed by atoms with van der Waals surface area (Å²) in [6.07, 6.45) is 4.48. The van der Waals surface area contributed by atoms with Crippen LogP contribution in [-0.4, -0.2) is 34.3 Å². The van der Waals surface area contributed by atoms with Crippen LogP contribution >= 0.6 is 0 Å². The minimum atomic E-state index is 0.218. The molecule has 0 fully saturated rings. The average Bonchev–Trinajstić information content (AvgIpc) is 2.30. The van der Waals surface area contributed by atoms with Crippen LogP contribution in [0.25, 0.3) is 0 Å². The van der Waals surface area contributed by atoms with Crippen molar-refractivity contribution in [2.75, 3.05) is 18.1 Å². The quantitative estimate of drug-likeness (QED) is 0.788. The van der Waals surface area contributed by atoms with Gasteiger partial charge < -0.3 is 10.0 Å². The van der Waals surface area contributed by atoms with Crippen molar-refractivity contribution in [3.05, 3.63) is 18.1 Å². The number of rotatable bonds is 7. The van der Waals surface area contributed by atoms with Gasteiger partial charge in [-0.1, -0.05) is 13.3 Å². The van der Waals surface area contributed by atoms with Crippen LogP contribution in [0.4, 0.5) is 5.82 Å². The molecule has 0 atom stereocenters. The zero-order valence-electron chi connectivity index (χ0n) is 11.1. The summed E-state index contributed by atoms with van der Waals surface area (Å²) in [5.41, 5.74) is 1.09. The van der Waals surface area contributed by atoms with Crippen molar-refractivity contribution in [3.8, 4) is 0 Å². The van der Waals surface area contributed by atoms with Crippen molar-refractivity contribution < 1.29 is 5.11 Å². The molecule has 0 saturated carbocycles. The van der Waals surface area contributed by atoms with Gasteiger partial charge >= 0.3 is 0 Å². The summed E-state index contributed by atoms with van der Waals surface area (Å²) in [6.45, 7) is 7.47. The summed E-state index contributed by atoms with van der Waals surface area (Å²) < 4.78 is 0. The van der Waals surface area contributed by atoms with Crippen molar-refractivity contribution in [1.29, 1.82) is 0 Å². The summed E-state index contributed by atoms with van der Waals surface area (Å²) in [5, 5.41) is 8.92. The molecule has 1 aromatic rings. The van der Waals surface area contributed by atoms with E-state index < -0.39 is 0 Å². The van der Waals surface area contributed by atoms with E-state index in [1.165, 1.54) is 0 Å². The van der Waals surface area contributed by atoms with Crippen LogP contribution < -0.4 is 4.90 Å². The van der Waals surface area contributed by atoms with Gasteiger partial charge in [-0.25, -0.2) is 9.97 Å². The summed E-state index contributed by atoms with van der Waals surface area (Å²) in [5.74, 6) is 0.965. The summed E-state index contributed by atoms with van der Waals surface area (Å²) in [6, 6.07) is 2.44. The van der Waals surface area contributed by atoms with Crippen molar-refractivity contribution in [1.82, 2.24) is 9.97 Å². The summed E-state index contributed by atoms with van der Waals surface area (Å²) in [4.78, 5) is 10.8. The molecule has 1 rings (SSSR count). The number of aryl methyl sites for hydroxylation is 1. The maximum absolute atomic E-state index is 8.92. The van der Waals surface area contributed by atoms with Crippen LogP contribution in [0, 0.1) is 0 Å². The standard InChI is InChI=1S/C13H23N3O/c1-4-6-12-9-13(15-10-14-12)16(11(2)3)7-5-8-17/h9-11,17H,4-8H2,1-3H3. The topological polar surface area (TPSA) is 49.2 Å². The molecular formula is C13H23N3O. The molecule has 0 saturated heterocycles. The molecule has 0 aliphatic rings. The molecule has 4 nitrogen and oxygen atoms in total. The Balaban J connectivity index is 2.81. The Morgan fingerprint density at radius 1 is 1.35 bits per heavy atom. The molecule has 0 spiro atoms. The third kappa shape index (κ3) is 4.30. The lowest BCUT2D eigenvalue weighted by atomic mass is 10.2. The number of hydrogen-bond acceptors (Lipinski definition) is 4.